The van der Waals surface area contributed by atoms with Gasteiger partial charge < -0.3 is 14.9 Å². The molecule has 2 aromatic rings. The summed E-state index contributed by atoms with van der Waals surface area (Å²) in [7, 11) is -4.22. The molecule has 0 aromatic heterocycles. The largest absolute Gasteiger partial charge is 0.388 e. The Morgan fingerprint density at radius 3 is 2.16 bits per heavy atom. The van der Waals surface area contributed by atoms with Gasteiger partial charge in [-0.15, -0.1) is 23.2 Å². The SMILES string of the molecule is O=P(O)(O)c1ccc(CCC2C(Cl)CC(Cl)C2c2ccc(C(O)C3CCCC3)cc2)cc1. The summed E-state index contributed by atoms with van der Waals surface area (Å²) >= 11 is 13.4. The number of rotatable bonds is 7. The smallest absolute Gasteiger partial charge is 0.356 e. The molecule has 0 saturated heterocycles. The van der Waals surface area contributed by atoms with Crippen molar-refractivity contribution in [2.75, 3.05) is 0 Å². The highest BCUT2D eigenvalue weighted by atomic mass is 35.5. The van der Waals surface area contributed by atoms with Gasteiger partial charge in [0.1, 0.15) is 0 Å². The predicted octanol–water partition coefficient (Wildman–Crippen LogP) is 5.66. The molecule has 0 spiro atoms. The third-order valence-electron chi connectivity index (χ3n) is 7.31. The molecule has 0 radical (unpaired) electrons. The minimum Gasteiger partial charge on any atom is -0.388 e. The van der Waals surface area contributed by atoms with Crippen LogP contribution in [0, 0.1) is 11.8 Å². The maximum absolute atomic E-state index is 11.4. The molecule has 2 saturated carbocycles. The highest BCUT2D eigenvalue weighted by Crippen LogP contribution is 2.48. The molecule has 2 fully saturated rings. The van der Waals surface area contributed by atoms with Crippen LogP contribution in [0.4, 0.5) is 0 Å². The molecular weight excluding hydrogens is 466 g/mol. The van der Waals surface area contributed by atoms with E-state index in [1.165, 1.54) is 25.0 Å². The summed E-state index contributed by atoms with van der Waals surface area (Å²) in [6.07, 6.45) is 6.59. The van der Waals surface area contributed by atoms with E-state index in [9.17, 15) is 19.5 Å². The molecule has 2 aromatic carbocycles. The summed E-state index contributed by atoms with van der Waals surface area (Å²) in [6, 6.07) is 14.8. The van der Waals surface area contributed by atoms with Crippen molar-refractivity contribution in [3.63, 3.8) is 0 Å². The molecule has 32 heavy (non-hydrogen) atoms. The van der Waals surface area contributed by atoms with Gasteiger partial charge in [-0.3, -0.25) is 4.57 Å². The van der Waals surface area contributed by atoms with Crippen LogP contribution in [-0.4, -0.2) is 25.6 Å². The van der Waals surface area contributed by atoms with Crippen molar-refractivity contribution in [1.82, 2.24) is 0 Å². The first-order valence-corrected chi connectivity index (χ1v) is 13.9. The normalized spacial score (nSPS) is 27.7. The van der Waals surface area contributed by atoms with Gasteiger partial charge in [0, 0.05) is 16.7 Å². The van der Waals surface area contributed by atoms with Gasteiger partial charge in [0.25, 0.3) is 0 Å². The minimum absolute atomic E-state index is 0.0133. The van der Waals surface area contributed by atoms with Crippen molar-refractivity contribution in [2.24, 2.45) is 11.8 Å². The van der Waals surface area contributed by atoms with Crippen molar-refractivity contribution in [3.8, 4) is 0 Å². The number of aliphatic hydroxyl groups excluding tert-OH is 1. The van der Waals surface area contributed by atoms with Crippen LogP contribution in [0.1, 0.15) is 67.2 Å². The number of alkyl halides is 2. The summed E-state index contributed by atoms with van der Waals surface area (Å²) in [5.41, 5.74) is 3.17. The molecule has 3 N–H and O–H groups in total. The second kappa shape index (κ2) is 10.2. The monoisotopic (exact) mass is 496 g/mol. The van der Waals surface area contributed by atoms with E-state index in [1.807, 2.05) is 12.1 Å². The molecule has 4 rings (SSSR count). The van der Waals surface area contributed by atoms with Crippen molar-refractivity contribution in [1.29, 1.82) is 0 Å². The Bertz CT molecular complexity index is 937. The highest BCUT2D eigenvalue weighted by molar-refractivity contribution is 7.60. The molecule has 5 atom stereocenters. The Morgan fingerprint density at radius 2 is 1.56 bits per heavy atom. The van der Waals surface area contributed by atoms with Crippen molar-refractivity contribution in [3.05, 3.63) is 65.2 Å². The maximum atomic E-state index is 11.4. The summed E-state index contributed by atoms with van der Waals surface area (Å²) < 4.78 is 11.4. The topological polar surface area (TPSA) is 77.8 Å². The van der Waals surface area contributed by atoms with Crippen molar-refractivity contribution < 1.29 is 19.5 Å². The minimum atomic E-state index is -4.22. The van der Waals surface area contributed by atoms with Crippen LogP contribution in [0.5, 0.6) is 0 Å². The molecule has 0 bridgehead atoms. The highest BCUT2D eigenvalue weighted by Gasteiger charge is 2.42. The van der Waals surface area contributed by atoms with Gasteiger partial charge in [0.05, 0.1) is 11.4 Å². The second-order valence-electron chi connectivity index (χ2n) is 9.36. The fourth-order valence-corrected chi connectivity index (χ4v) is 7.12. The van der Waals surface area contributed by atoms with E-state index in [1.54, 1.807) is 12.1 Å². The number of aliphatic hydroxyl groups is 1. The quantitative estimate of drug-likeness (QED) is 0.341. The van der Waals surface area contributed by atoms with Gasteiger partial charge in [-0.1, -0.05) is 49.2 Å². The zero-order chi connectivity index (χ0) is 22.9. The van der Waals surface area contributed by atoms with E-state index in [0.29, 0.717) is 5.92 Å². The predicted molar refractivity (Wildman–Crippen MR) is 130 cm³/mol. The standard InChI is InChI=1S/C25H31Cl2O4P/c26-22-15-23(27)24(17-8-10-19(11-9-17)25(28)18-3-1-2-4-18)21(22)14-7-16-5-12-20(13-6-16)32(29,30)31/h5-6,8-13,18,21-25,28H,1-4,7,14-15H2,(H2,29,30,31). The summed E-state index contributed by atoms with van der Waals surface area (Å²) in [5, 5.41) is 10.7. The third kappa shape index (κ3) is 5.43. The Morgan fingerprint density at radius 1 is 0.938 bits per heavy atom. The molecule has 5 unspecified atom stereocenters. The average Bonchev–Trinajstić information content (AvgIpc) is 3.39. The third-order valence-corrected chi connectivity index (χ3v) is 9.24. The first-order valence-electron chi connectivity index (χ1n) is 11.4. The van der Waals surface area contributed by atoms with Crippen molar-refractivity contribution in [2.45, 2.75) is 67.7 Å². The van der Waals surface area contributed by atoms with E-state index in [4.69, 9.17) is 23.2 Å². The van der Waals surface area contributed by atoms with Crippen LogP contribution in [0.25, 0.3) is 0 Å². The van der Waals surface area contributed by atoms with Crippen LogP contribution in [0.3, 0.4) is 0 Å². The fourth-order valence-electron chi connectivity index (χ4n) is 5.50. The first-order chi connectivity index (χ1) is 15.2. The lowest BCUT2D eigenvalue weighted by atomic mass is 9.84. The molecule has 4 nitrogen and oxygen atoms in total. The number of hydrogen-bond acceptors (Lipinski definition) is 2. The van der Waals surface area contributed by atoms with Gasteiger partial charge in [-0.05, 0) is 72.8 Å². The lowest BCUT2D eigenvalue weighted by Crippen LogP contribution is -2.18. The summed E-state index contributed by atoms with van der Waals surface area (Å²) in [5.74, 6) is 0.725. The molecule has 2 aliphatic carbocycles. The first kappa shape index (κ1) is 24.3. The zero-order valence-corrected chi connectivity index (χ0v) is 20.4. The number of benzene rings is 2. The maximum Gasteiger partial charge on any atom is 0.356 e. The Hall–Kier alpha value is -0.870. The molecule has 7 heteroatoms. The van der Waals surface area contributed by atoms with E-state index in [2.05, 4.69) is 12.1 Å². The van der Waals surface area contributed by atoms with E-state index in [-0.39, 0.29) is 27.9 Å². The summed E-state index contributed by atoms with van der Waals surface area (Å²) in [6.45, 7) is 0. The lowest BCUT2D eigenvalue weighted by Gasteiger charge is -2.25. The molecule has 0 amide bonds. The molecule has 174 valence electrons. The number of halogens is 2. The lowest BCUT2D eigenvalue weighted by molar-refractivity contribution is 0.111. The van der Waals surface area contributed by atoms with E-state index < -0.39 is 13.7 Å². The molecular formula is C25H31Cl2O4P. The molecule has 0 aliphatic heterocycles. The van der Waals surface area contributed by atoms with Gasteiger partial charge in [0.2, 0.25) is 0 Å². The van der Waals surface area contributed by atoms with Gasteiger partial charge in [-0.25, -0.2) is 0 Å². The van der Waals surface area contributed by atoms with E-state index >= 15 is 0 Å². The van der Waals surface area contributed by atoms with Gasteiger partial charge >= 0.3 is 7.60 Å². The molecule has 2 aliphatic rings. The summed E-state index contributed by atoms with van der Waals surface area (Å²) in [4.78, 5) is 18.6. The van der Waals surface area contributed by atoms with Gasteiger partial charge in [0.15, 0.2) is 0 Å². The molecule has 0 heterocycles. The van der Waals surface area contributed by atoms with Crippen LogP contribution in [0.15, 0.2) is 48.5 Å². The van der Waals surface area contributed by atoms with Gasteiger partial charge in [-0.2, -0.15) is 0 Å². The fraction of sp³-hybridized carbons (Fsp3) is 0.520. The van der Waals surface area contributed by atoms with E-state index in [0.717, 1.165) is 48.8 Å². The zero-order valence-electron chi connectivity index (χ0n) is 18.0. The van der Waals surface area contributed by atoms with Crippen molar-refractivity contribution >= 4 is 36.1 Å². The number of hydrogen-bond donors (Lipinski definition) is 3. The average molecular weight is 497 g/mol. The van der Waals surface area contributed by atoms with Crippen LogP contribution in [0.2, 0.25) is 0 Å². The Labute approximate surface area is 200 Å². The Balaban J connectivity index is 1.44. The van der Waals surface area contributed by atoms with Crippen LogP contribution in [-0.2, 0) is 11.0 Å². The number of aryl methyl sites for hydroxylation is 1. The van der Waals surface area contributed by atoms with Crippen LogP contribution >= 0.6 is 30.8 Å². The second-order valence-corrected chi connectivity index (χ2v) is 12.1. The van der Waals surface area contributed by atoms with Crippen LogP contribution < -0.4 is 5.30 Å². The Kier molecular flexibility index (Phi) is 7.71.